The number of fused-ring (bicyclic) bond motifs is 2. The van der Waals surface area contributed by atoms with Crippen LogP contribution in [0.25, 0.3) is 0 Å². The Morgan fingerprint density at radius 1 is 1.03 bits per heavy atom. The van der Waals surface area contributed by atoms with Gasteiger partial charge >= 0.3 is 0 Å². The second kappa shape index (κ2) is 8.32. The highest BCUT2D eigenvalue weighted by atomic mass is 79.9. The lowest BCUT2D eigenvalue weighted by molar-refractivity contribution is 0.369. The van der Waals surface area contributed by atoms with E-state index in [2.05, 4.69) is 64.6 Å². The molecule has 0 saturated carbocycles. The molecule has 2 aliphatic rings. The minimum absolute atomic E-state index is 0.0547. The summed E-state index contributed by atoms with van der Waals surface area (Å²) in [6.07, 6.45) is 0.757. The molecular formula is C26H27BrN2O2S. The van der Waals surface area contributed by atoms with E-state index in [0.29, 0.717) is 11.4 Å². The van der Waals surface area contributed by atoms with Crippen LogP contribution in [-0.2, 0) is 10.0 Å². The fourth-order valence-electron chi connectivity index (χ4n) is 5.44. The predicted octanol–water partition coefficient (Wildman–Crippen LogP) is 5.78. The summed E-state index contributed by atoms with van der Waals surface area (Å²) in [5, 5.41) is 3.72. The van der Waals surface area contributed by atoms with E-state index in [9.17, 15) is 8.42 Å². The SMILES string of the molecule is CC[C@@H]1[C@H]2Nc3ccc(Br)cc3[C@@H](c3ccccc3)[C@@H]2CN1S(=O)(=O)c1ccc(C)cc1. The van der Waals surface area contributed by atoms with Gasteiger partial charge in [-0.1, -0.05) is 70.9 Å². The van der Waals surface area contributed by atoms with Gasteiger partial charge in [-0.05, 0) is 54.8 Å². The smallest absolute Gasteiger partial charge is 0.243 e. The number of hydrogen-bond acceptors (Lipinski definition) is 3. The summed E-state index contributed by atoms with van der Waals surface area (Å²) in [5.74, 6) is 0.270. The Morgan fingerprint density at radius 2 is 1.75 bits per heavy atom. The average molecular weight is 511 g/mol. The zero-order valence-corrected chi connectivity index (χ0v) is 20.6. The number of anilines is 1. The third kappa shape index (κ3) is 3.58. The molecule has 32 heavy (non-hydrogen) atoms. The van der Waals surface area contributed by atoms with Crippen molar-refractivity contribution >= 4 is 31.6 Å². The van der Waals surface area contributed by atoms with Crippen LogP contribution in [0, 0.1) is 12.8 Å². The van der Waals surface area contributed by atoms with Gasteiger partial charge in [-0.2, -0.15) is 4.31 Å². The Morgan fingerprint density at radius 3 is 2.44 bits per heavy atom. The molecule has 1 fully saturated rings. The fraction of sp³-hybridized carbons (Fsp3) is 0.308. The minimum atomic E-state index is -3.59. The lowest BCUT2D eigenvalue weighted by Gasteiger charge is -2.38. The van der Waals surface area contributed by atoms with Crippen molar-refractivity contribution in [2.45, 2.75) is 43.2 Å². The van der Waals surface area contributed by atoms with Crippen molar-refractivity contribution in [3.05, 3.63) is 94.0 Å². The molecule has 166 valence electrons. The highest BCUT2D eigenvalue weighted by Crippen LogP contribution is 2.49. The first-order valence-corrected chi connectivity index (χ1v) is 13.3. The minimum Gasteiger partial charge on any atom is -0.380 e. The van der Waals surface area contributed by atoms with Gasteiger partial charge in [-0.25, -0.2) is 8.42 Å². The largest absolute Gasteiger partial charge is 0.380 e. The molecular weight excluding hydrogens is 484 g/mol. The first kappa shape index (κ1) is 21.7. The number of benzene rings is 3. The number of hydrogen-bond donors (Lipinski definition) is 1. The summed E-state index contributed by atoms with van der Waals surface area (Å²) in [4.78, 5) is 0.372. The van der Waals surface area contributed by atoms with E-state index in [-0.39, 0.29) is 23.9 Å². The molecule has 3 aromatic rings. The van der Waals surface area contributed by atoms with Crippen molar-refractivity contribution in [3.63, 3.8) is 0 Å². The predicted molar refractivity (Wildman–Crippen MR) is 132 cm³/mol. The van der Waals surface area contributed by atoms with Gasteiger partial charge in [0.05, 0.1) is 4.90 Å². The van der Waals surface area contributed by atoms with Gasteiger partial charge in [0.2, 0.25) is 10.0 Å². The van der Waals surface area contributed by atoms with Gasteiger partial charge in [0.25, 0.3) is 0 Å². The van der Waals surface area contributed by atoms with Crippen molar-refractivity contribution in [3.8, 4) is 0 Å². The monoisotopic (exact) mass is 510 g/mol. The normalized spacial score (nSPS) is 25.1. The molecule has 0 unspecified atom stereocenters. The van der Waals surface area contributed by atoms with Crippen LogP contribution in [0.15, 0.2) is 82.2 Å². The molecule has 2 heterocycles. The first-order valence-electron chi connectivity index (χ1n) is 11.1. The van der Waals surface area contributed by atoms with E-state index in [1.807, 2.05) is 31.2 Å². The summed E-state index contributed by atoms with van der Waals surface area (Å²) >= 11 is 3.63. The summed E-state index contributed by atoms with van der Waals surface area (Å²) < 4.78 is 30.2. The molecule has 2 aliphatic heterocycles. The molecule has 3 aromatic carbocycles. The van der Waals surface area contributed by atoms with Crippen molar-refractivity contribution in [2.24, 2.45) is 5.92 Å². The van der Waals surface area contributed by atoms with Crippen LogP contribution in [-0.4, -0.2) is 31.4 Å². The summed E-state index contributed by atoms with van der Waals surface area (Å²) in [5.41, 5.74) is 4.60. The molecule has 0 amide bonds. The van der Waals surface area contributed by atoms with Gasteiger partial charge < -0.3 is 5.32 Å². The Balaban J connectivity index is 1.61. The molecule has 5 rings (SSSR count). The van der Waals surface area contributed by atoms with E-state index >= 15 is 0 Å². The maximum atomic E-state index is 13.7. The second-order valence-corrected chi connectivity index (χ2v) is 11.6. The molecule has 0 aromatic heterocycles. The van der Waals surface area contributed by atoms with E-state index in [0.717, 1.165) is 22.1 Å². The highest BCUT2D eigenvalue weighted by molar-refractivity contribution is 9.10. The third-order valence-corrected chi connectivity index (χ3v) is 9.34. The highest BCUT2D eigenvalue weighted by Gasteiger charge is 2.52. The van der Waals surface area contributed by atoms with Crippen LogP contribution in [0.5, 0.6) is 0 Å². The first-order chi connectivity index (χ1) is 15.4. The number of aryl methyl sites for hydroxylation is 1. The van der Waals surface area contributed by atoms with Gasteiger partial charge in [0.15, 0.2) is 0 Å². The summed E-state index contributed by atoms with van der Waals surface area (Å²) in [6.45, 7) is 4.55. The number of halogens is 1. The number of rotatable bonds is 4. The molecule has 1 N–H and O–H groups in total. The van der Waals surface area contributed by atoms with Crippen LogP contribution in [0.1, 0.15) is 36.0 Å². The lowest BCUT2D eigenvalue weighted by Crippen LogP contribution is -2.44. The molecule has 4 nitrogen and oxygen atoms in total. The van der Waals surface area contributed by atoms with Crippen molar-refractivity contribution < 1.29 is 8.42 Å². The van der Waals surface area contributed by atoms with Crippen LogP contribution in [0.4, 0.5) is 5.69 Å². The molecule has 6 heteroatoms. The van der Waals surface area contributed by atoms with Crippen molar-refractivity contribution in [1.82, 2.24) is 4.31 Å². The zero-order chi connectivity index (χ0) is 22.5. The van der Waals surface area contributed by atoms with Crippen molar-refractivity contribution in [2.75, 3.05) is 11.9 Å². The molecule has 0 radical (unpaired) electrons. The van der Waals surface area contributed by atoms with Crippen LogP contribution in [0.2, 0.25) is 0 Å². The van der Waals surface area contributed by atoms with Crippen LogP contribution >= 0.6 is 15.9 Å². The van der Waals surface area contributed by atoms with E-state index in [1.54, 1.807) is 16.4 Å². The van der Waals surface area contributed by atoms with Crippen molar-refractivity contribution in [1.29, 1.82) is 0 Å². The van der Waals surface area contributed by atoms with E-state index < -0.39 is 10.0 Å². The Kier molecular flexibility index (Phi) is 5.64. The number of nitrogens with one attached hydrogen (secondary N) is 1. The second-order valence-electron chi connectivity index (χ2n) is 8.82. The fourth-order valence-corrected chi connectivity index (χ4v) is 7.57. The van der Waals surface area contributed by atoms with Crippen LogP contribution < -0.4 is 5.32 Å². The third-order valence-electron chi connectivity index (χ3n) is 6.94. The molecule has 0 aliphatic carbocycles. The van der Waals surface area contributed by atoms with Gasteiger partial charge in [0, 0.05) is 40.6 Å². The Hall–Kier alpha value is -2.15. The zero-order valence-electron chi connectivity index (χ0n) is 18.2. The topological polar surface area (TPSA) is 49.4 Å². The quantitative estimate of drug-likeness (QED) is 0.483. The Labute approximate surface area is 198 Å². The number of sulfonamides is 1. The standard InChI is InChI=1S/C26H27BrN2O2S/c1-3-24-26-22(16-29(24)32(30,31)20-12-9-17(2)10-13-20)25(18-7-5-4-6-8-18)21-15-19(27)11-14-23(21)28-26/h4-15,22,24-26,28H,3,16H2,1-2H3/t22-,24+,25+,26-/m0/s1. The van der Waals surface area contributed by atoms with Gasteiger partial charge in [-0.15, -0.1) is 0 Å². The Bertz CT molecular complexity index is 1230. The molecule has 4 atom stereocenters. The maximum absolute atomic E-state index is 13.7. The van der Waals surface area contributed by atoms with Gasteiger partial charge in [0.1, 0.15) is 0 Å². The average Bonchev–Trinajstić information content (AvgIpc) is 3.17. The lowest BCUT2D eigenvalue weighted by atomic mass is 9.74. The molecule has 0 bridgehead atoms. The molecule has 0 spiro atoms. The number of nitrogens with zero attached hydrogens (tertiary/aromatic N) is 1. The summed E-state index contributed by atoms with van der Waals surface area (Å²) in [7, 11) is -3.59. The maximum Gasteiger partial charge on any atom is 0.243 e. The van der Waals surface area contributed by atoms with Gasteiger partial charge in [-0.3, -0.25) is 0 Å². The van der Waals surface area contributed by atoms with Crippen LogP contribution in [0.3, 0.4) is 0 Å². The van der Waals surface area contributed by atoms with E-state index in [4.69, 9.17) is 0 Å². The summed E-state index contributed by atoms with van der Waals surface area (Å²) in [6, 6.07) is 24.0. The van der Waals surface area contributed by atoms with E-state index in [1.165, 1.54) is 11.1 Å². The molecule has 1 saturated heterocycles.